The minimum Gasteiger partial charge on any atom is -0.383 e. The molecule has 0 heterocycles. The molecule has 0 saturated heterocycles. The molecule has 0 amide bonds. The molecule has 0 aliphatic carbocycles. The van der Waals surface area contributed by atoms with Gasteiger partial charge < -0.3 is 10.1 Å². The Hall–Kier alpha value is -0.0800. The largest absolute Gasteiger partial charge is 0.383 e. The van der Waals surface area contributed by atoms with Gasteiger partial charge in [0.25, 0.3) is 0 Å². The molecule has 0 aliphatic rings. The summed E-state index contributed by atoms with van der Waals surface area (Å²) in [7, 11) is 1.75. The van der Waals surface area contributed by atoms with E-state index in [0.717, 1.165) is 25.6 Å². The van der Waals surface area contributed by atoms with E-state index in [1.54, 1.807) is 7.11 Å². The van der Waals surface area contributed by atoms with E-state index in [1.165, 1.54) is 19.3 Å². The van der Waals surface area contributed by atoms with E-state index >= 15 is 0 Å². The maximum atomic E-state index is 5.01. The van der Waals surface area contributed by atoms with Gasteiger partial charge in [0.05, 0.1) is 6.61 Å². The molecule has 0 aromatic carbocycles. The molecule has 0 unspecified atom stereocenters. The monoisotopic (exact) mass is 215 g/mol. The van der Waals surface area contributed by atoms with E-state index in [0.29, 0.717) is 5.41 Å². The molecule has 0 aromatic rings. The molecular weight excluding hydrogens is 186 g/mol. The fraction of sp³-hybridized carbons (Fsp3) is 1.00. The second-order valence-corrected chi connectivity index (χ2v) is 5.62. The van der Waals surface area contributed by atoms with Crippen molar-refractivity contribution in [1.82, 2.24) is 5.32 Å². The molecule has 2 nitrogen and oxygen atoms in total. The molecule has 0 fully saturated rings. The van der Waals surface area contributed by atoms with Crippen LogP contribution in [0.2, 0.25) is 0 Å². The summed E-state index contributed by atoms with van der Waals surface area (Å²) >= 11 is 0. The number of nitrogens with one attached hydrogen (secondary N) is 1. The van der Waals surface area contributed by atoms with Gasteiger partial charge in [0.2, 0.25) is 0 Å². The van der Waals surface area contributed by atoms with Gasteiger partial charge in [0.1, 0.15) is 0 Å². The third kappa shape index (κ3) is 10.2. The van der Waals surface area contributed by atoms with Gasteiger partial charge in [-0.05, 0) is 17.8 Å². The molecule has 2 heteroatoms. The number of methoxy groups -OCH3 is 1. The maximum absolute atomic E-state index is 5.01. The average Bonchev–Trinajstić information content (AvgIpc) is 2.11. The highest BCUT2D eigenvalue weighted by atomic mass is 16.5. The van der Waals surface area contributed by atoms with Crippen molar-refractivity contribution in [1.29, 1.82) is 0 Å². The van der Waals surface area contributed by atoms with Gasteiger partial charge in [-0.25, -0.2) is 0 Å². The van der Waals surface area contributed by atoms with Crippen molar-refractivity contribution >= 4 is 0 Å². The topological polar surface area (TPSA) is 21.3 Å². The van der Waals surface area contributed by atoms with Gasteiger partial charge in [0, 0.05) is 20.2 Å². The molecule has 0 atom stereocenters. The second-order valence-electron chi connectivity index (χ2n) is 5.62. The lowest BCUT2D eigenvalue weighted by Gasteiger charge is -2.25. The van der Waals surface area contributed by atoms with Crippen molar-refractivity contribution < 1.29 is 4.74 Å². The Labute approximate surface area is 95.8 Å². The summed E-state index contributed by atoms with van der Waals surface area (Å²) in [5.74, 6) is 0.835. The quantitative estimate of drug-likeness (QED) is 0.597. The number of rotatable bonds is 9. The van der Waals surface area contributed by atoms with Gasteiger partial charge in [-0.2, -0.15) is 0 Å². The summed E-state index contributed by atoms with van der Waals surface area (Å²) < 4.78 is 5.01. The lowest BCUT2D eigenvalue weighted by atomic mass is 9.86. The fourth-order valence-electron chi connectivity index (χ4n) is 1.68. The van der Waals surface area contributed by atoms with Crippen LogP contribution < -0.4 is 5.32 Å². The molecule has 92 valence electrons. The Bertz CT molecular complexity index is 143. The summed E-state index contributed by atoms with van der Waals surface area (Å²) in [5.41, 5.74) is 0.419. The molecule has 0 aromatic heterocycles. The zero-order valence-electron chi connectivity index (χ0n) is 11.2. The summed E-state index contributed by atoms with van der Waals surface area (Å²) in [4.78, 5) is 0. The lowest BCUT2D eigenvalue weighted by Crippen LogP contribution is -2.31. The van der Waals surface area contributed by atoms with E-state index in [4.69, 9.17) is 4.74 Å². The van der Waals surface area contributed by atoms with Crippen molar-refractivity contribution in [3.8, 4) is 0 Å². The first-order valence-electron chi connectivity index (χ1n) is 6.17. The smallest absolute Gasteiger partial charge is 0.0587 e. The molecule has 1 N–H and O–H groups in total. The van der Waals surface area contributed by atoms with Crippen LogP contribution in [-0.4, -0.2) is 26.8 Å². The van der Waals surface area contributed by atoms with Gasteiger partial charge in [0.15, 0.2) is 0 Å². The van der Waals surface area contributed by atoms with Crippen molar-refractivity contribution in [2.75, 3.05) is 26.8 Å². The van der Waals surface area contributed by atoms with Crippen molar-refractivity contribution in [3.05, 3.63) is 0 Å². The summed E-state index contributed by atoms with van der Waals surface area (Å²) in [5, 5.41) is 3.44. The van der Waals surface area contributed by atoms with Gasteiger partial charge in [-0.1, -0.05) is 40.5 Å². The molecule has 0 radical (unpaired) electrons. The molecule has 0 bridgehead atoms. The molecule has 0 aliphatic heterocycles. The highest BCUT2D eigenvalue weighted by molar-refractivity contribution is 4.71. The highest BCUT2D eigenvalue weighted by Gasteiger charge is 2.16. The highest BCUT2D eigenvalue weighted by Crippen LogP contribution is 2.23. The van der Waals surface area contributed by atoms with E-state index in [9.17, 15) is 0 Å². The summed E-state index contributed by atoms with van der Waals surface area (Å²) in [6, 6.07) is 0. The Morgan fingerprint density at radius 3 is 2.47 bits per heavy atom. The molecule has 0 saturated carbocycles. The van der Waals surface area contributed by atoms with Crippen LogP contribution in [0.25, 0.3) is 0 Å². The Morgan fingerprint density at radius 1 is 1.27 bits per heavy atom. The summed E-state index contributed by atoms with van der Waals surface area (Å²) in [6.45, 7) is 12.1. The molecule has 0 spiro atoms. The lowest BCUT2D eigenvalue weighted by molar-refractivity contribution is 0.192. The second kappa shape index (κ2) is 8.12. The zero-order valence-corrected chi connectivity index (χ0v) is 11.2. The number of hydrogen-bond donors (Lipinski definition) is 1. The Morgan fingerprint density at radius 2 is 1.93 bits per heavy atom. The first-order valence-corrected chi connectivity index (χ1v) is 6.17. The molecule has 0 rings (SSSR count). The van der Waals surface area contributed by atoms with E-state index in [2.05, 4.69) is 33.0 Å². The minimum atomic E-state index is 0.419. The normalized spacial score (nSPS) is 12.4. The average molecular weight is 215 g/mol. The van der Waals surface area contributed by atoms with Crippen LogP contribution >= 0.6 is 0 Å². The van der Waals surface area contributed by atoms with Crippen molar-refractivity contribution in [2.24, 2.45) is 11.3 Å². The number of hydrogen-bond acceptors (Lipinski definition) is 2. The Kier molecular flexibility index (Phi) is 8.07. The van der Waals surface area contributed by atoms with Crippen LogP contribution in [0.15, 0.2) is 0 Å². The first kappa shape index (κ1) is 14.9. The van der Waals surface area contributed by atoms with E-state index in [1.807, 2.05) is 0 Å². The molecule has 15 heavy (non-hydrogen) atoms. The standard InChI is InChI=1S/C13H29NO/c1-12(2)7-6-8-13(3,4)11-14-9-10-15-5/h12,14H,6-11H2,1-5H3. The molecular formula is C13H29NO. The fourth-order valence-corrected chi connectivity index (χ4v) is 1.68. The van der Waals surface area contributed by atoms with Crippen molar-refractivity contribution in [3.63, 3.8) is 0 Å². The predicted octanol–water partition coefficient (Wildman–Crippen LogP) is 3.07. The zero-order chi connectivity index (χ0) is 11.7. The first-order chi connectivity index (χ1) is 6.98. The van der Waals surface area contributed by atoms with E-state index in [-0.39, 0.29) is 0 Å². The van der Waals surface area contributed by atoms with Crippen LogP contribution in [0, 0.1) is 11.3 Å². The number of ether oxygens (including phenoxy) is 1. The minimum absolute atomic E-state index is 0.419. The van der Waals surface area contributed by atoms with Gasteiger partial charge in [-0.15, -0.1) is 0 Å². The van der Waals surface area contributed by atoms with Crippen LogP contribution in [0.5, 0.6) is 0 Å². The van der Waals surface area contributed by atoms with Crippen molar-refractivity contribution in [2.45, 2.75) is 47.0 Å². The van der Waals surface area contributed by atoms with Gasteiger partial charge in [-0.3, -0.25) is 0 Å². The van der Waals surface area contributed by atoms with Crippen LogP contribution in [0.3, 0.4) is 0 Å². The SMILES string of the molecule is COCCNCC(C)(C)CCCC(C)C. The van der Waals surface area contributed by atoms with Crippen LogP contribution in [-0.2, 0) is 4.74 Å². The van der Waals surface area contributed by atoms with Gasteiger partial charge >= 0.3 is 0 Å². The third-order valence-electron chi connectivity index (χ3n) is 2.72. The van der Waals surface area contributed by atoms with Crippen LogP contribution in [0.1, 0.15) is 47.0 Å². The summed E-state index contributed by atoms with van der Waals surface area (Å²) in [6.07, 6.45) is 4.00. The Balaban J connectivity index is 3.48. The van der Waals surface area contributed by atoms with Crippen LogP contribution in [0.4, 0.5) is 0 Å². The maximum Gasteiger partial charge on any atom is 0.0587 e. The van der Waals surface area contributed by atoms with E-state index < -0.39 is 0 Å². The predicted molar refractivity (Wildman–Crippen MR) is 67.2 cm³/mol. The third-order valence-corrected chi connectivity index (χ3v) is 2.72.